The lowest BCUT2D eigenvalue weighted by molar-refractivity contribution is 0.621. The number of hydrogen-bond donors (Lipinski definition) is 1. The Morgan fingerprint density at radius 3 is 2.96 bits per heavy atom. The normalized spacial score (nSPS) is 17.2. The third-order valence-electron chi connectivity index (χ3n) is 4.83. The van der Waals surface area contributed by atoms with Gasteiger partial charge in [0, 0.05) is 25.8 Å². The maximum Gasteiger partial charge on any atom is 0.222 e. The molecule has 130 valence electrons. The van der Waals surface area contributed by atoms with Crippen LogP contribution in [0.1, 0.15) is 6.42 Å². The van der Waals surface area contributed by atoms with Crippen LogP contribution in [0.4, 0.5) is 11.6 Å². The minimum absolute atomic E-state index is 0.529. The number of nitrogens with zero attached hydrogens (tertiary/aromatic N) is 7. The summed E-state index contributed by atoms with van der Waals surface area (Å²) < 4.78 is 1.77. The van der Waals surface area contributed by atoms with Crippen LogP contribution in [0.25, 0.3) is 16.7 Å². The van der Waals surface area contributed by atoms with Gasteiger partial charge in [-0.1, -0.05) is 18.2 Å². The largest absolute Gasteiger partial charge is 0.370 e. The van der Waals surface area contributed by atoms with E-state index in [-0.39, 0.29) is 0 Å². The number of pyridine rings is 1. The highest BCUT2D eigenvalue weighted by Crippen LogP contribution is 2.27. The van der Waals surface area contributed by atoms with Gasteiger partial charge in [-0.3, -0.25) is 0 Å². The Kier molecular flexibility index (Phi) is 3.59. The molecule has 8 nitrogen and oxygen atoms in total. The minimum Gasteiger partial charge on any atom is -0.370 e. The molecule has 1 aliphatic rings. The first kappa shape index (κ1) is 15.0. The van der Waals surface area contributed by atoms with E-state index >= 15 is 0 Å². The highest BCUT2D eigenvalue weighted by atomic mass is 15.5. The fourth-order valence-electron chi connectivity index (χ4n) is 3.51. The zero-order valence-electron chi connectivity index (χ0n) is 14.2. The van der Waals surface area contributed by atoms with Crippen LogP contribution in [-0.2, 0) is 0 Å². The number of nitrogens with one attached hydrogen (secondary N) is 1. The van der Waals surface area contributed by atoms with Crippen molar-refractivity contribution in [3.05, 3.63) is 48.7 Å². The number of para-hydroxylation sites is 2. The highest BCUT2D eigenvalue weighted by molar-refractivity contribution is 5.82. The van der Waals surface area contributed by atoms with Gasteiger partial charge < -0.3 is 10.2 Å². The van der Waals surface area contributed by atoms with Gasteiger partial charge in [-0.05, 0) is 47.0 Å². The van der Waals surface area contributed by atoms with Gasteiger partial charge >= 0.3 is 0 Å². The molecule has 8 heteroatoms. The topological polar surface area (TPSA) is 84.1 Å². The molecule has 5 rings (SSSR count). The van der Waals surface area contributed by atoms with Gasteiger partial charge in [0.05, 0.1) is 11.0 Å². The van der Waals surface area contributed by atoms with Gasteiger partial charge in [-0.15, -0.1) is 5.10 Å². The van der Waals surface area contributed by atoms with Crippen molar-refractivity contribution in [2.45, 2.75) is 6.42 Å². The third-order valence-corrected chi connectivity index (χ3v) is 4.83. The SMILES string of the molecule is c1ccc(NCC2CCN(c3nc4ccccc4n4nnnc34)C2)nc1. The highest BCUT2D eigenvalue weighted by Gasteiger charge is 2.26. The number of hydrogen-bond acceptors (Lipinski definition) is 7. The molecule has 3 aromatic heterocycles. The quantitative estimate of drug-likeness (QED) is 0.605. The molecule has 1 unspecified atom stereocenters. The van der Waals surface area contributed by atoms with Crippen LogP contribution in [-0.4, -0.2) is 49.6 Å². The summed E-state index contributed by atoms with van der Waals surface area (Å²) in [5, 5.41) is 15.6. The van der Waals surface area contributed by atoms with Gasteiger partial charge in [0.1, 0.15) is 5.82 Å². The second-order valence-electron chi connectivity index (χ2n) is 6.54. The molecule has 0 radical (unpaired) electrons. The summed E-state index contributed by atoms with van der Waals surface area (Å²) in [5.74, 6) is 2.30. The maximum atomic E-state index is 4.84. The molecule has 0 saturated carbocycles. The van der Waals surface area contributed by atoms with Crippen LogP contribution >= 0.6 is 0 Å². The molecule has 0 bridgehead atoms. The van der Waals surface area contributed by atoms with E-state index in [4.69, 9.17) is 4.98 Å². The lowest BCUT2D eigenvalue weighted by Gasteiger charge is -2.18. The number of aromatic nitrogens is 6. The second kappa shape index (κ2) is 6.21. The first-order chi connectivity index (χ1) is 12.9. The van der Waals surface area contributed by atoms with Gasteiger partial charge in [-0.2, -0.15) is 4.52 Å². The van der Waals surface area contributed by atoms with Crippen molar-refractivity contribution in [1.29, 1.82) is 0 Å². The van der Waals surface area contributed by atoms with E-state index < -0.39 is 0 Å². The Morgan fingerprint density at radius 1 is 1.12 bits per heavy atom. The Hall–Kier alpha value is -3.29. The molecule has 4 aromatic rings. The van der Waals surface area contributed by atoms with E-state index in [1.807, 2.05) is 42.5 Å². The Labute approximate surface area is 149 Å². The molecule has 4 heterocycles. The Bertz CT molecular complexity index is 1040. The van der Waals surface area contributed by atoms with Crippen molar-refractivity contribution in [2.75, 3.05) is 29.9 Å². The van der Waals surface area contributed by atoms with E-state index in [0.717, 1.165) is 48.7 Å². The molecule has 1 N–H and O–H groups in total. The molecule has 1 aliphatic heterocycles. The lowest BCUT2D eigenvalue weighted by Crippen LogP contribution is -2.24. The first-order valence-electron chi connectivity index (χ1n) is 8.75. The number of anilines is 2. The molecular weight excluding hydrogens is 328 g/mol. The van der Waals surface area contributed by atoms with Crippen LogP contribution in [0.2, 0.25) is 0 Å². The predicted molar refractivity (Wildman–Crippen MR) is 99.1 cm³/mol. The molecule has 1 atom stereocenters. The standard InChI is InChI=1S/C18H18N8/c1-2-6-15-14(5-1)21-17(18-22-23-24-26(15)18)25-10-8-13(12-25)11-20-16-7-3-4-9-19-16/h1-7,9,13H,8,10-12H2,(H,19,20). The maximum absolute atomic E-state index is 4.84. The van der Waals surface area contributed by atoms with Crippen LogP contribution in [0.3, 0.4) is 0 Å². The monoisotopic (exact) mass is 346 g/mol. The fourth-order valence-corrected chi connectivity index (χ4v) is 3.51. The first-order valence-corrected chi connectivity index (χ1v) is 8.75. The molecular formula is C18H18N8. The van der Waals surface area contributed by atoms with Crippen molar-refractivity contribution >= 4 is 28.3 Å². The fraction of sp³-hybridized carbons (Fsp3) is 0.278. The summed E-state index contributed by atoms with van der Waals surface area (Å²) >= 11 is 0. The van der Waals surface area contributed by atoms with E-state index in [0.29, 0.717) is 11.6 Å². The number of rotatable bonds is 4. The van der Waals surface area contributed by atoms with Gasteiger partial charge in [-0.25, -0.2) is 9.97 Å². The van der Waals surface area contributed by atoms with Crippen molar-refractivity contribution < 1.29 is 0 Å². The predicted octanol–water partition coefficient (Wildman–Crippen LogP) is 2.01. The lowest BCUT2D eigenvalue weighted by atomic mass is 10.1. The van der Waals surface area contributed by atoms with Gasteiger partial charge in [0.15, 0.2) is 5.82 Å². The average Bonchev–Trinajstić information content (AvgIpc) is 3.36. The summed E-state index contributed by atoms with van der Waals surface area (Å²) in [6.07, 6.45) is 2.90. The number of fused-ring (bicyclic) bond motifs is 3. The molecule has 0 amide bonds. The van der Waals surface area contributed by atoms with E-state index in [1.165, 1.54) is 0 Å². The summed E-state index contributed by atoms with van der Waals surface area (Å²) in [6.45, 7) is 2.76. The summed E-state index contributed by atoms with van der Waals surface area (Å²) in [4.78, 5) is 11.4. The average molecular weight is 346 g/mol. The van der Waals surface area contributed by atoms with Crippen molar-refractivity contribution in [3.8, 4) is 0 Å². The van der Waals surface area contributed by atoms with Gasteiger partial charge in [0.2, 0.25) is 5.65 Å². The van der Waals surface area contributed by atoms with Gasteiger partial charge in [0.25, 0.3) is 0 Å². The smallest absolute Gasteiger partial charge is 0.222 e. The molecule has 1 aromatic carbocycles. The van der Waals surface area contributed by atoms with Crippen molar-refractivity contribution in [2.24, 2.45) is 5.92 Å². The zero-order valence-corrected chi connectivity index (χ0v) is 14.2. The molecule has 1 saturated heterocycles. The van der Waals surface area contributed by atoms with E-state index in [1.54, 1.807) is 10.7 Å². The molecule has 0 spiro atoms. The van der Waals surface area contributed by atoms with Crippen molar-refractivity contribution in [3.63, 3.8) is 0 Å². The molecule has 26 heavy (non-hydrogen) atoms. The van der Waals surface area contributed by atoms with E-state index in [2.05, 4.69) is 30.7 Å². The van der Waals surface area contributed by atoms with Crippen LogP contribution in [0, 0.1) is 5.92 Å². The van der Waals surface area contributed by atoms with Crippen molar-refractivity contribution in [1.82, 2.24) is 30.0 Å². The van der Waals surface area contributed by atoms with Crippen LogP contribution in [0.5, 0.6) is 0 Å². The minimum atomic E-state index is 0.529. The van der Waals surface area contributed by atoms with Crippen LogP contribution in [0.15, 0.2) is 48.7 Å². The third kappa shape index (κ3) is 2.59. The second-order valence-corrected chi connectivity index (χ2v) is 6.54. The van der Waals surface area contributed by atoms with E-state index in [9.17, 15) is 0 Å². The Morgan fingerprint density at radius 2 is 2.04 bits per heavy atom. The summed E-state index contributed by atoms with van der Waals surface area (Å²) in [6, 6.07) is 13.8. The van der Waals surface area contributed by atoms with Crippen LogP contribution < -0.4 is 10.2 Å². The molecule has 1 fully saturated rings. The number of benzene rings is 1. The summed E-state index contributed by atoms with van der Waals surface area (Å²) in [7, 11) is 0. The zero-order chi connectivity index (χ0) is 17.3. The molecule has 0 aliphatic carbocycles. The summed E-state index contributed by atoms with van der Waals surface area (Å²) in [5.41, 5.74) is 2.53. The Balaban J connectivity index is 1.39. The number of tetrazole rings is 1.